The van der Waals surface area contributed by atoms with Crippen LogP contribution in [0, 0.1) is 6.92 Å². The third-order valence-corrected chi connectivity index (χ3v) is 6.59. The highest BCUT2D eigenvalue weighted by atomic mass is 19.4. The monoisotopic (exact) mass is 504 g/mol. The summed E-state index contributed by atoms with van der Waals surface area (Å²) in [6.45, 7) is 4.21. The molecule has 4 heterocycles. The highest BCUT2D eigenvalue weighted by Crippen LogP contribution is 2.37. The average Bonchev–Trinajstić information content (AvgIpc) is 3.52. The number of nitrogen functional groups attached to an aromatic ring is 1. The van der Waals surface area contributed by atoms with Crippen LogP contribution >= 0.6 is 0 Å². The Bertz CT molecular complexity index is 1680. The number of aryl methyl sites for hydroxylation is 1. The number of rotatable bonds is 4. The van der Waals surface area contributed by atoms with Crippen LogP contribution in [0.2, 0.25) is 0 Å². The SMILES string of the molecule is Cc1nc(N[C@H](C)c2cc(N)cc(C(F)(F)F)c2)c2cc(-c3ccc4c(c3)CCO4)c3nccn3c2n1. The number of halogens is 3. The number of anilines is 2. The summed E-state index contributed by atoms with van der Waals surface area (Å²) in [5.74, 6) is 1.91. The fourth-order valence-electron chi connectivity index (χ4n) is 4.82. The second-order valence-corrected chi connectivity index (χ2v) is 9.21. The van der Waals surface area contributed by atoms with Crippen molar-refractivity contribution in [3.8, 4) is 16.9 Å². The standard InChI is InChI=1S/C27H23F3N6O/c1-14(18-10-19(27(28,29)30)12-20(31)11-18)33-24-22-13-21(16-3-4-23-17(9-16)5-8-37-23)25-32-6-7-36(25)26(22)35-15(2)34-24/h3-4,6-7,9-14H,5,8,31H2,1-2H3,(H,33,34,35)/t14-/m1/s1. The molecule has 0 radical (unpaired) electrons. The molecule has 2 aromatic carbocycles. The summed E-state index contributed by atoms with van der Waals surface area (Å²) in [5.41, 5.74) is 9.85. The maximum Gasteiger partial charge on any atom is 0.416 e. The fourth-order valence-corrected chi connectivity index (χ4v) is 4.82. The Morgan fingerprint density at radius 3 is 2.73 bits per heavy atom. The van der Waals surface area contributed by atoms with E-state index >= 15 is 0 Å². The minimum atomic E-state index is -4.50. The van der Waals surface area contributed by atoms with Gasteiger partial charge < -0.3 is 15.8 Å². The Labute approximate surface area is 210 Å². The molecule has 1 aliphatic heterocycles. The molecule has 0 fully saturated rings. The van der Waals surface area contributed by atoms with E-state index in [1.54, 1.807) is 20.0 Å². The minimum Gasteiger partial charge on any atom is -0.493 e. The summed E-state index contributed by atoms with van der Waals surface area (Å²) in [7, 11) is 0. The first-order valence-corrected chi connectivity index (χ1v) is 11.8. The summed E-state index contributed by atoms with van der Waals surface area (Å²) < 4.78 is 47.7. The highest BCUT2D eigenvalue weighted by Gasteiger charge is 2.31. The summed E-state index contributed by atoms with van der Waals surface area (Å²) in [6, 6.07) is 11.1. The van der Waals surface area contributed by atoms with Gasteiger partial charge in [-0.3, -0.25) is 4.40 Å². The molecule has 0 spiro atoms. The quantitative estimate of drug-likeness (QED) is 0.294. The number of nitrogens with zero attached hydrogens (tertiary/aromatic N) is 4. The second kappa shape index (κ2) is 8.36. The molecule has 37 heavy (non-hydrogen) atoms. The molecule has 0 saturated carbocycles. The van der Waals surface area contributed by atoms with Gasteiger partial charge in [-0.1, -0.05) is 6.07 Å². The molecule has 5 aromatic rings. The molecule has 6 rings (SSSR count). The molecular formula is C27H23F3N6O. The largest absolute Gasteiger partial charge is 0.493 e. The number of ether oxygens (including phenoxy) is 1. The van der Waals surface area contributed by atoms with Crippen molar-refractivity contribution < 1.29 is 17.9 Å². The van der Waals surface area contributed by atoms with Gasteiger partial charge in [0.2, 0.25) is 0 Å². The molecule has 0 bridgehead atoms. The number of pyridine rings is 1. The third kappa shape index (κ3) is 4.08. The molecule has 3 N–H and O–H groups in total. The molecule has 188 valence electrons. The van der Waals surface area contributed by atoms with Crippen molar-refractivity contribution in [2.45, 2.75) is 32.5 Å². The summed E-state index contributed by atoms with van der Waals surface area (Å²) >= 11 is 0. The molecule has 0 unspecified atom stereocenters. The van der Waals surface area contributed by atoms with Gasteiger partial charge in [0.15, 0.2) is 5.65 Å². The van der Waals surface area contributed by atoms with Crippen LogP contribution in [0.15, 0.2) is 54.9 Å². The second-order valence-electron chi connectivity index (χ2n) is 9.21. The number of hydrogen-bond donors (Lipinski definition) is 2. The molecule has 7 nitrogen and oxygen atoms in total. The van der Waals surface area contributed by atoms with Crippen LogP contribution in [0.3, 0.4) is 0 Å². The van der Waals surface area contributed by atoms with Gasteiger partial charge in [-0.15, -0.1) is 0 Å². The van der Waals surface area contributed by atoms with Crippen LogP contribution in [0.5, 0.6) is 5.75 Å². The lowest BCUT2D eigenvalue weighted by atomic mass is 10.0. The maximum atomic E-state index is 13.4. The van der Waals surface area contributed by atoms with E-state index < -0.39 is 17.8 Å². The number of benzene rings is 2. The highest BCUT2D eigenvalue weighted by molar-refractivity contribution is 5.95. The number of nitrogens with one attached hydrogen (secondary N) is 1. The molecule has 0 saturated heterocycles. The Hall–Kier alpha value is -4.34. The van der Waals surface area contributed by atoms with Crippen molar-refractivity contribution in [2.24, 2.45) is 0 Å². The molecule has 3 aromatic heterocycles. The fraction of sp³-hybridized carbons (Fsp3) is 0.222. The molecular weight excluding hydrogens is 481 g/mol. The van der Waals surface area contributed by atoms with E-state index in [1.165, 1.54) is 6.07 Å². The zero-order valence-electron chi connectivity index (χ0n) is 20.1. The summed E-state index contributed by atoms with van der Waals surface area (Å²) in [4.78, 5) is 13.8. The van der Waals surface area contributed by atoms with Crippen molar-refractivity contribution in [1.29, 1.82) is 0 Å². The van der Waals surface area contributed by atoms with Crippen molar-refractivity contribution >= 4 is 28.2 Å². The molecule has 0 amide bonds. The lowest BCUT2D eigenvalue weighted by Crippen LogP contribution is -2.13. The Morgan fingerprint density at radius 1 is 1.08 bits per heavy atom. The van der Waals surface area contributed by atoms with Gasteiger partial charge in [0.05, 0.1) is 23.6 Å². The minimum absolute atomic E-state index is 0.0465. The van der Waals surface area contributed by atoms with Crippen LogP contribution in [-0.2, 0) is 12.6 Å². The number of imidazole rings is 1. The van der Waals surface area contributed by atoms with Crippen LogP contribution in [0.25, 0.3) is 27.8 Å². The van der Waals surface area contributed by atoms with E-state index in [0.717, 1.165) is 52.0 Å². The first-order valence-electron chi connectivity index (χ1n) is 11.8. The molecule has 0 aliphatic carbocycles. The molecule has 10 heteroatoms. The Balaban J connectivity index is 1.49. The first kappa shape index (κ1) is 23.1. The van der Waals surface area contributed by atoms with Gasteiger partial charge in [0.1, 0.15) is 23.0 Å². The van der Waals surface area contributed by atoms with Gasteiger partial charge >= 0.3 is 6.18 Å². The first-order chi connectivity index (χ1) is 17.7. The number of aromatic nitrogens is 4. The number of fused-ring (bicyclic) bond motifs is 4. The molecule has 1 aliphatic rings. The van der Waals surface area contributed by atoms with Gasteiger partial charge in [-0.05, 0) is 66.9 Å². The van der Waals surface area contributed by atoms with Crippen molar-refractivity contribution in [3.05, 3.63) is 77.4 Å². The van der Waals surface area contributed by atoms with Gasteiger partial charge in [0.25, 0.3) is 0 Å². The van der Waals surface area contributed by atoms with Crippen molar-refractivity contribution in [2.75, 3.05) is 17.7 Å². The van der Waals surface area contributed by atoms with E-state index in [2.05, 4.69) is 26.3 Å². The van der Waals surface area contributed by atoms with E-state index in [1.807, 2.05) is 28.8 Å². The summed E-state index contributed by atoms with van der Waals surface area (Å²) in [6.07, 6.45) is -0.1000. The third-order valence-electron chi connectivity index (χ3n) is 6.59. The zero-order valence-corrected chi connectivity index (χ0v) is 20.1. The van der Waals surface area contributed by atoms with Gasteiger partial charge in [0, 0.05) is 30.1 Å². The Morgan fingerprint density at radius 2 is 1.92 bits per heavy atom. The predicted molar refractivity (Wildman–Crippen MR) is 136 cm³/mol. The predicted octanol–water partition coefficient (Wildman–Crippen LogP) is 5.96. The van der Waals surface area contributed by atoms with Crippen molar-refractivity contribution in [3.63, 3.8) is 0 Å². The van der Waals surface area contributed by atoms with E-state index in [4.69, 9.17) is 10.5 Å². The normalized spacial score (nSPS) is 14.1. The summed E-state index contributed by atoms with van der Waals surface area (Å²) in [5, 5.41) is 4.01. The zero-order chi connectivity index (χ0) is 25.9. The lowest BCUT2D eigenvalue weighted by Gasteiger charge is -2.19. The van der Waals surface area contributed by atoms with Crippen LogP contribution in [0.4, 0.5) is 24.7 Å². The van der Waals surface area contributed by atoms with Crippen LogP contribution in [0.1, 0.15) is 35.5 Å². The molecule has 1 atom stereocenters. The average molecular weight is 505 g/mol. The maximum absolute atomic E-state index is 13.4. The van der Waals surface area contributed by atoms with Gasteiger partial charge in [-0.25, -0.2) is 15.0 Å². The smallest absolute Gasteiger partial charge is 0.416 e. The van der Waals surface area contributed by atoms with Crippen molar-refractivity contribution in [1.82, 2.24) is 19.4 Å². The topological polar surface area (TPSA) is 90.4 Å². The number of nitrogens with two attached hydrogens (primary N) is 1. The number of hydrogen-bond acceptors (Lipinski definition) is 6. The number of alkyl halides is 3. The lowest BCUT2D eigenvalue weighted by molar-refractivity contribution is -0.137. The van der Waals surface area contributed by atoms with E-state index in [0.29, 0.717) is 29.5 Å². The Kier molecular flexibility index (Phi) is 5.22. The van der Waals surface area contributed by atoms with E-state index in [9.17, 15) is 13.2 Å². The van der Waals surface area contributed by atoms with Crippen LogP contribution < -0.4 is 15.8 Å². The van der Waals surface area contributed by atoms with Gasteiger partial charge in [-0.2, -0.15) is 13.2 Å². The van der Waals surface area contributed by atoms with E-state index in [-0.39, 0.29) is 5.69 Å². The van der Waals surface area contributed by atoms with Crippen LogP contribution in [-0.4, -0.2) is 26.0 Å².